The second kappa shape index (κ2) is 7.58. The minimum atomic E-state index is 0.266. The maximum Gasteiger partial charge on any atom is 0.00966 e. The molecule has 0 aromatic heterocycles. The molecule has 1 unspecified atom stereocenters. The molecule has 0 bridgehead atoms. The van der Waals surface area contributed by atoms with Crippen molar-refractivity contribution in [3.8, 4) is 0 Å². The summed E-state index contributed by atoms with van der Waals surface area (Å²) in [6.45, 7) is 12.4. The molecule has 1 nitrogen and oxygen atoms in total. The third-order valence-electron chi connectivity index (χ3n) is 2.03. The van der Waals surface area contributed by atoms with Crippen molar-refractivity contribution >= 4 is 11.8 Å². The van der Waals surface area contributed by atoms with E-state index in [4.69, 9.17) is 0 Å². The summed E-state index contributed by atoms with van der Waals surface area (Å²) in [4.78, 5) is 0. The Kier molecular flexibility index (Phi) is 7.75. The van der Waals surface area contributed by atoms with Gasteiger partial charge in [-0.2, -0.15) is 11.8 Å². The molecule has 0 aliphatic rings. The van der Waals surface area contributed by atoms with E-state index in [1.54, 1.807) is 0 Å². The van der Waals surface area contributed by atoms with E-state index in [-0.39, 0.29) is 5.54 Å². The van der Waals surface area contributed by atoms with Crippen LogP contribution in [0, 0.1) is 5.92 Å². The number of thioether (sulfide) groups is 1. The molecule has 0 aromatic rings. The predicted octanol–water partition coefficient (Wildman–Crippen LogP) is 3.54. The molecule has 2 heteroatoms. The van der Waals surface area contributed by atoms with E-state index in [1.165, 1.54) is 24.3 Å². The van der Waals surface area contributed by atoms with Crippen molar-refractivity contribution in [3.63, 3.8) is 0 Å². The normalized spacial score (nSPS) is 14.4. The molecule has 0 aliphatic heterocycles. The highest BCUT2D eigenvalue weighted by molar-refractivity contribution is 7.99. The molecular formula is C12H27NS. The zero-order valence-electron chi connectivity index (χ0n) is 10.5. The molecular weight excluding hydrogens is 190 g/mol. The zero-order valence-corrected chi connectivity index (χ0v) is 11.3. The van der Waals surface area contributed by atoms with Gasteiger partial charge in [0, 0.05) is 5.54 Å². The van der Waals surface area contributed by atoms with E-state index in [2.05, 4.69) is 51.7 Å². The fourth-order valence-electron chi connectivity index (χ4n) is 1.07. The number of rotatable bonds is 7. The van der Waals surface area contributed by atoms with Crippen molar-refractivity contribution in [2.45, 2.75) is 53.0 Å². The van der Waals surface area contributed by atoms with Crippen LogP contribution >= 0.6 is 11.8 Å². The zero-order chi connectivity index (χ0) is 11.0. The highest BCUT2D eigenvalue weighted by Crippen LogP contribution is 2.11. The van der Waals surface area contributed by atoms with E-state index in [1.807, 2.05) is 0 Å². The van der Waals surface area contributed by atoms with Gasteiger partial charge in [-0.1, -0.05) is 20.3 Å². The summed E-state index contributed by atoms with van der Waals surface area (Å²) in [6, 6.07) is 0. The molecule has 0 spiro atoms. The Morgan fingerprint density at radius 2 is 1.93 bits per heavy atom. The van der Waals surface area contributed by atoms with Crippen LogP contribution in [0.2, 0.25) is 0 Å². The van der Waals surface area contributed by atoms with Crippen molar-refractivity contribution < 1.29 is 0 Å². The minimum Gasteiger partial charge on any atom is -0.312 e. The van der Waals surface area contributed by atoms with Gasteiger partial charge >= 0.3 is 0 Å². The average Bonchev–Trinajstić information content (AvgIpc) is 2.08. The summed E-state index contributed by atoms with van der Waals surface area (Å²) < 4.78 is 0. The molecule has 0 rings (SSSR count). The topological polar surface area (TPSA) is 12.0 Å². The second-order valence-corrected chi connectivity index (χ2v) is 6.31. The van der Waals surface area contributed by atoms with Crippen LogP contribution in [0.5, 0.6) is 0 Å². The molecule has 0 amide bonds. The van der Waals surface area contributed by atoms with Gasteiger partial charge in [-0.25, -0.2) is 0 Å². The van der Waals surface area contributed by atoms with Gasteiger partial charge in [0.1, 0.15) is 0 Å². The van der Waals surface area contributed by atoms with Crippen molar-refractivity contribution in [1.82, 2.24) is 5.32 Å². The monoisotopic (exact) mass is 217 g/mol. The fraction of sp³-hybridized carbons (Fsp3) is 1.00. The fourth-order valence-corrected chi connectivity index (χ4v) is 2.25. The SMILES string of the molecule is CCCCSCC(C)CNC(C)(C)C. The number of unbranched alkanes of at least 4 members (excludes halogenated alkanes) is 1. The van der Waals surface area contributed by atoms with E-state index in [9.17, 15) is 0 Å². The van der Waals surface area contributed by atoms with Gasteiger partial charge in [0.05, 0.1) is 0 Å². The lowest BCUT2D eigenvalue weighted by Crippen LogP contribution is -2.39. The van der Waals surface area contributed by atoms with Gasteiger partial charge in [-0.05, 0) is 51.2 Å². The van der Waals surface area contributed by atoms with Crippen molar-refractivity contribution in [1.29, 1.82) is 0 Å². The minimum absolute atomic E-state index is 0.266. The van der Waals surface area contributed by atoms with Crippen molar-refractivity contribution in [3.05, 3.63) is 0 Å². The third-order valence-corrected chi connectivity index (χ3v) is 3.41. The van der Waals surface area contributed by atoms with E-state index < -0.39 is 0 Å². The summed E-state index contributed by atoms with van der Waals surface area (Å²) in [7, 11) is 0. The van der Waals surface area contributed by atoms with Gasteiger partial charge in [0.2, 0.25) is 0 Å². The number of hydrogen-bond donors (Lipinski definition) is 1. The highest BCUT2D eigenvalue weighted by atomic mass is 32.2. The molecule has 1 atom stereocenters. The quantitative estimate of drug-likeness (QED) is 0.655. The molecule has 0 aliphatic carbocycles. The first kappa shape index (κ1) is 14.3. The van der Waals surface area contributed by atoms with E-state index in [0.29, 0.717) is 0 Å². The van der Waals surface area contributed by atoms with Crippen LogP contribution in [-0.2, 0) is 0 Å². The second-order valence-electron chi connectivity index (χ2n) is 5.16. The molecule has 0 saturated heterocycles. The van der Waals surface area contributed by atoms with Crippen LogP contribution in [-0.4, -0.2) is 23.6 Å². The number of nitrogens with one attached hydrogen (secondary N) is 1. The Bertz CT molecular complexity index is 129. The van der Waals surface area contributed by atoms with Crippen molar-refractivity contribution in [2.75, 3.05) is 18.1 Å². The Balaban J connectivity index is 3.32. The van der Waals surface area contributed by atoms with Gasteiger partial charge < -0.3 is 5.32 Å². The molecule has 0 aromatic carbocycles. The Morgan fingerprint density at radius 3 is 2.43 bits per heavy atom. The standard InChI is InChI=1S/C12H27NS/c1-6-7-8-14-10-11(2)9-13-12(3,4)5/h11,13H,6-10H2,1-5H3. The Morgan fingerprint density at radius 1 is 1.29 bits per heavy atom. The van der Waals surface area contributed by atoms with Gasteiger partial charge in [-0.3, -0.25) is 0 Å². The molecule has 14 heavy (non-hydrogen) atoms. The summed E-state index contributed by atoms with van der Waals surface area (Å²) >= 11 is 2.10. The maximum atomic E-state index is 3.55. The van der Waals surface area contributed by atoms with Crippen molar-refractivity contribution in [2.24, 2.45) is 5.92 Å². The van der Waals surface area contributed by atoms with Crippen LogP contribution in [0.25, 0.3) is 0 Å². The third kappa shape index (κ3) is 10.4. The first-order valence-corrected chi connectivity index (χ1v) is 6.94. The summed E-state index contributed by atoms with van der Waals surface area (Å²) in [5, 5.41) is 3.55. The van der Waals surface area contributed by atoms with E-state index in [0.717, 1.165) is 12.5 Å². The number of hydrogen-bond acceptors (Lipinski definition) is 2. The largest absolute Gasteiger partial charge is 0.312 e. The lowest BCUT2D eigenvalue weighted by Gasteiger charge is -2.23. The molecule has 1 N–H and O–H groups in total. The first-order valence-electron chi connectivity index (χ1n) is 5.78. The molecule has 86 valence electrons. The van der Waals surface area contributed by atoms with Crippen LogP contribution in [0.3, 0.4) is 0 Å². The Labute approximate surface area is 94.4 Å². The van der Waals surface area contributed by atoms with Crippen LogP contribution in [0.4, 0.5) is 0 Å². The molecule has 0 heterocycles. The lowest BCUT2D eigenvalue weighted by molar-refractivity contribution is 0.395. The molecule has 0 radical (unpaired) electrons. The highest BCUT2D eigenvalue weighted by Gasteiger charge is 2.10. The summed E-state index contributed by atoms with van der Waals surface area (Å²) in [5.41, 5.74) is 0.266. The van der Waals surface area contributed by atoms with Gasteiger partial charge in [0.15, 0.2) is 0 Å². The summed E-state index contributed by atoms with van der Waals surface area (Å²) in [5.74, 6) is 3.41. The van der Waals surface area contributed by atoms with Crippen LogP contribution in [0.1, 0.15) is 47.5 Å². The molecule has 0 saturated carbocycles. The van der Waals surface area contributed by atoms with Crippen LogP contribution < -0.4 is 5.32 Å². The predicted molar refractivity (Wildman–Crippen MR) is 69.2 cm³/mol. The smallest absolute Gasteiger partial charge is 0.00966 e. The first-order chi connectivity index (χ1) is 6.45. The Hall–Kier alpha value is 0.310. The average molecular weight is 217 g/mol. The van der Waals surface area contributed by atoms with Gasteiger partial charge in [0.25, 0.3) is 0 Å². The van der Waals surface area contributed by atoms with E-state index >= 15 is 0 Å². The summed E-state index contributed by atoms with van der Waals surface area (Å²) in [6.07, 6.45) is 2.69. The van der Waals surface area contributed by atoms with Crippen LogP contribution in [0.15, 0.2) is 0 Å². The molecule has 0 fully saturated rings. The van der Waals surface area contributed by atoms with Gasteiger partial charge in [-0.15, -0.1) is 0 Å². The lowest BCUT2D eigenvalue weighted by atomic mass is 10.1. The maximum absolute atomic E-state index is 3.55.